The van der Waals surface area contributed by atoms with Crippen LogP contribution in [-0.4, -0.2) is 9.61 Å². The van der Waals surface area contributed by atoms with Crippen molar-refractivity contribution in [3.63, 3.8) is 0 Å². The van der Waals surface area contributed by atoms with Crippen LogP contribution in [0.25, 0.3) is 60.6 Å². The zero-order valence-corrected chi connectivity index (χ0v) is 21.3. The minimum atomic E-state index is -0.213. The maximum absolute atomic E-state index is 14.5. The fourth-order valence-electron chi connectivity index (χ4n) is 5.99. The zero-order valence-electron chi connectivity index (χ0n) is 21.3. The smallest absolute Gasteiger partial charge is 0.123 e. The van der Waals surface area contributed by atoms with Crippen molar-refractivity contribution in [2.24, 2.45) is 0 Å². The van der Waals surface area contributed by atoms with Crippen molar-refractivity contribution >= 4 is 27.1 Å². The van der Waals surface area contributed by atoms with E-state index in [-0.39, 0.29) is 5.82 Å². The third-order valence-electron chi connectivity index (χ3n) is 8.00. The summed E-state index contributed by atoms with van der Waals surface area (Å²) < 4.78 is 16.6. The van der Waals surface area contributed by atoms with Gasteiger partial charge in [-0.3, -0.25) is 0 Å². The SMILES string of the molecule is Fc1ccc2c(c1)cc(C1CC1)n1nc(-c3cccc4ccccc34)c(-c3cccc(-c4ccccc4)c3)c21. The lowest BCUT2D eigenvalue weighted by atomic mass is 9.93. The van der Waals surface area contributed by atoms with Gasteiger partial charge in [0.15, 0.2) is 0 Å². The molecule has 8 rings (SSSR count). The highest BCUT2D eigenvalue weighted by atomic mass is 19.1. The van der Waals surface area contributed by atoms with Gasteiger partial charge in [0.25, 0.3) is 0 Å². The second-order valence-electron chi connectivity index (χ2n) is 10.5. The van der Waals surface area contributed by atoms with Gasteiger partial charge >= 0.3 is 0 Å². The Kier molecular flexibility index (Phi) is 4.93. The summed E-state index contributed by atoms with van der Waals surface area (Å²) in [4.78, 5) is 0. The van der Waals surface area contributed by atoms with E-state index in [9.17, 15) is 4.39 Å². The van der Waals surface area contributed by atoms with Crippen LogP contribution < -0.4 is 0 Å². The molecule has 5 aromatic carbocycles. The zero-order chi connectivity index (χ0) is 25.9. The summed E-state index contributed by atoms with van der Waals surface area (Å²) in [5, 5.41) is 9.67. The van der Waals surface area contributed by atoms with Gasteiger partial charge in [0, 0.05) is 28.1 Å². The van der Waals surface area contributed by atoms with E-state index >= 15 is 0 Å². The molecule has 0 aliphatic heterocycles. The van der Waals surface area contributed by atoms with Crippen LogP contribution in [0, 0.1) is 5.82 Å². The topological polar surface area (TPSA) is 17.3 Å². The molecular weight excluding hydrogens is 479 g/mol. The van der Waals surface area contributed by atoms with E-state index in [1.807, 2.05) is 12.1 Å². The van der Waals surface area contributed by atoms with Crippen LogP contribution >= 0.6 is 0 Å². The number of halogens is 1. The highest BCUT2D eigenvalue weighted by Crippen LogP contribution is 2.46. The molecule has 0 spiro atoms. The quantitative estimate of drug-likeness (QED) is 0.233. The van der Waals surface area contributed by atoms with Crippen molar-refractivity contribution in [3.8, 4) is 33.5 Å². The third kappa shape index (κ3) is 3.65. The molecular formula is C36H25FN2. The van der Waals surface area contributed by atoms with E-state index in [1.165, 1.54) is 16.3 Å². The molecule has 1 aliphatic rings. The molecule has 1 fully saturated rings. The van der Waals surface area contributed by atoms with E-state index in [1.54, 1.807) is 12.1 Å². The minimum absolute atomic E-state index is 0.213. The molecule has 1 aliphatic carbocycles. The fourth-order valence-corrected chi connectivity index (χ4v) is 5.99. The summed E-state index contributed by atoms with van der Waals surface area (Å²) in [6, 6.07) is 41.4. The number of fused-ring (bicyclic) bond motifs is 4. The first-order valence-corrected chi connectivity index (χ1v) is 13.5. The largest absolute Gasteiger partial charge is 0.236 e. The average Bonchev–Trinajstić information content (AvgIpc) is 3.76. The van der Waals surface area contributed by atoms with Crippen LogP contribution in [-0.2, 0) is 0 Å². The highest BCUT2D eigenvalue weighted by Gasteiger charge is 2.30. The standard InChI is InChI=1S/C36H25FN2/c37-29-18-19-31-28(21-29)22-33(25-16-17-25)39-36(31)34(27-13-6-12-26(20-27)23-8-2-1-3-9-23)35(38-39)32-15-7-11-24-10-4-5-14-30(24)32/h1-15,18-22,25H,16-17H2. The minimum Gasteiger partial charge on any atom is -0.236 e. The van der Waals surface area contributed by atoms with E-state index in [4.69, 9.17) is 5.10 Å². The molecule has 0 amide bonds. The Bertz CT molecular complexity index is 2030. The molecule has 0 saturated heterocycles. The van der Waals surface area contributed by atoms with Crippen molar-refractivity contribution < 1.29 is 4.39 Å². The first-order valence-electron chi connectivity index (χ1n) is 13.5. The molecule has 0 atom stereocenters. The van der Waals surface area contributed by atoms with E-state index in [0.717, 1.165) is 62.8 Å². The van der Waals surface area contributed by atoms with Crippen molar-refractivity contribution in [1.29, 1.82) is 0 Å². The summed E-state index contributed by atoms with van der Waals surface area (Å²) in [5.41, 5.74) is 8.79. The lowest BCUT2D eigenvalue weighted by Gasteiger charge is -2.11. The number of hydrogen-bond acceptors (Lipinski definition) is 1. The average molecular weight is 505 g/mol. The van der Waals surface area contributed by atoms with Crippen LogP contribution in [0.3, 0.4) is 0 Å². The van der Waals surface area contributed by atoms with E-state index in [2.05, 4.69) is 102 Å². The molecule has 1 saturated carbocycles. The number of nitrogens with zero attached hydrogens (tertiary/aromatic N) is 2. The molecule has 0 radical (unpaired) electrons. The number of aromatic nitrogens is 2. The van der Waals surface area contributed by atoms with Gasteiger partial charge in [-0.25, -0.2) is 8.91 Å². The van der Waals surface area contributed by atoms with Gasteiger partial charge in [-0.1, -0.05) is 91.0 Å². The lowest BCUT2D eigenvalue weighted by molar-refractivity contribution is 0.629. The van der Waals surface area contributed by atoms with Gasteiger partial charge in [0.2, 0.25) is 0 Å². The molecule has 0 N–H and O–H groups in total. The Morgan fingerprint density at radius 3 is 2.23 bits per heavy atom. The van der Waals surface area contributed by atoms with Gasteiger partial charge in [-0.2, -0.15) is 5.10 Å². The van der Waals surface area contributed by atoms with Gasteiger partial charge < -0.3 is 0 Å². The van der Waals surface area contributed by atoms with Gasteiger partial charge in [0.05, 0.1) is 5.52 Å². The predicted molar refractivity (Wildman–Crippen MR) is 158 cm³/mol. The van der Waals surface area contributed by atoms with Crippen molar-refractivity contribution in [2.75, 3.05) is 0 Å². The molecule has 2 aromatic heterocycles. The molecule has 2 nitrogen and oxygen atoms in total. The Hall–Kier alpha value is -4.76. The number of rotatable bonds is 4. The lowest BCUT2D eigenvalue weighted by Crippen LogP contribution is -1.98. The highest BCUT2D eigenvalue weighted by molar-refractivity contribution is 6.10. The maximum Gasteiger partial charge on any atom is 0.123 e. The molecule has 0 unspecified atom stereocenters. The Morgan fingerprint density at radius 1 is 0.615 bits per heavy atom. The predicted octanol–water partition coefficient (Wildman–Crippen LogP) is 9.66. The second-order valence-corrected chi connectivity index (χ2v) is 10.5. The molecule has 2 heterocycles. The number of pyridine rings is 1. The van der Waals surface area contributed by atoms with Crippen LogP contribution in [0.1, 0.15) is 24.5 Å². The molecule has 0 bridgehead atoms. The van der Waals surface area contributed by atoms with Crippen molar-refractivity contribution in [1.82, 2.24) is 9.61 Å². The van der Waals surface area contributed by atoms with Crippen LogP contribution in [0.4, 0.5) is 4.39 Å². The molecule has 3 heteroatoms. The van der Waals surface area contributed by atoms with Crippen LogP contribution in [0.2, 0.25) is 0 Å². The Balaban J connectivity index is 1.52. The van der Waals surface area contributed by atoms with Crippen LogP contribution in [0.15, 0.2) is 121 Å². The molecule has 186 valence electrons. The number of hydrogen-bond donors (Lipinski definition) is 0. The van der Waals surface area contributed by atoms with E-state index in [0.29, 0.717) is 5.92 Å². The van der Waals surface area contributed by atoms with Crippen LogP contribution in [0.5, 0.6) is 0 Å². The second kappa shape index (κ2) is 8.64. The van der Waals surface area contributed by atoms with Crippen molar-refractivity contribution in [3.05, 3.63) is 133 Å². The third-order valence-corrected chi connectivity index (χ3v) is 8.00. The summed E-state index contributed by atoms with van der Waals surface area (Å²) in [6.45, 7) is 0. The van der Waals surface area contributed by atoms with Gasteiger partial charge in [0.1, 0.15) is 11.5 Å². The van der Waals surface area contributed by atoms with Crippen molar-refractivity contribution in [2.45, 2.75) is 18.8 Å². The van der Waals surface area contributed by atoms with E-state index < -0.39 is 0 Å². The monoisotopic (exact) mass is 504 g/mol. The summed E-state index contributed by atoms with van der Waals surface area (Å²) in [5.74, 6) is 0.235. The first kappa shape index (κ1) is 22.2. The fraction of sp³-hybridized carbons (Fsp3) is 0.0833. The normalized spacial score (nSPS) is 13.5. The summed E-state index contributed by atoms with van der Waals surface area (Å²) >= 11 is 0. The summed E-state index contributed by atoms with van der Waals surface area (Å²) in [7, 11) is 0. The molecule has 7 aromatic rings. The van der Waals surface area contributed by atoms with Gasteiger partial charge in [-0.05, 0) is 76.0 Å². The number of benzene rings is 5. The van der Waals surface area contributed by atoms with Gasteiger partial charge in [-0.15, -0.1) is 0 Å². The first-order chi connectivity index (χ1) is 19.2. The maximum atomic E-state index is 14.5. The molecule has 39 heavy (non-hydrogen) atoms. The summed E-state index contributed by atoms with van der Waals surface area (Å²) in [6.07, 6.45) is 2.27. The Labute approximate surface area is 226 Å². The Morgan fingerprint density at radius 2 is 1.36 bits per heavy atom.